The standard InChI is InChI=1S/C63H68N8O11S4/c1-40-30-51(60-68(24-28-79-60)62(74)81-38-43-14-18-45(19-15-43)83-85-56-12-6-8-22-66-56)70(36-40)58(72)47-32-42(3)53(34-49(47)64)77-26-10-5-11-27-78-55-35-50(65)48(33-54(55)76-4)59(73)71-37-41(2)31-52(71)61-69(25-29-80-61)63(75)82-39-44-16-20-46(21-17-44)84-86-57-13-7-9-23-67-57/h6-9,12-23,32-35,51-52,60-61H,1-2,5,10-11,24-31,36-39,64-65H2,3-4H3/t51-,52-,60?,61?/m0/s1. The molecule has 6 heterocycles. The second kappa shape index (κ2) is 29.2. The fourth-order valence-corrected chi connectivity index (χ4v) is 14.1. The van der Waals surface area contributed by atoms with Gasteiger partial charge in [0.2, 0.25) is 0 Å². The molecule has 0 aliphatic carbocycles. The van der Waals surface area contributed by atoms with Crippen molar-refractivity contribution in [3.8, 4) is 17.2 Å². The Hall–Kier alpha value is -7.54. The first kappa shape index (κ1) is 61.5. The molecule has 86 heavy (non-hydrogen) atoms. The van der Waals surface area contributed by atoms with E-state index in [4.69, 9.17) is 44.6 Å². The van der Waals surface area contributed by atoms with Gasteiger partial charge in [0.05, 0.1) is 69.8 Å². The Morgan fingerprint density at radius 1 is 0.581 bits per heavy atom. The summed E-state index contributed by atoms with van der Waals surface area (Å²) in [5, 5.41) is 1.83. The highest BCUT2D eigenvalue weighted by Crippen LogP contribution is 2.40. The molecule has 0 radical (unpaired) electrons. The highest BCUT2D eigenvalue weighted by atomic mass is 33.1. The summed E-state index contributed by atoms with van der Waals surface area (Å²) in [5.74, 6) is 0.659. The molecule has 2 unspecified atom stereocenters. The second-order valence-electron chi connectivity index (χ2n) is 20.9. The molecule has 0 spiro atoms. The number of pyridine rings is 2. The molecule has 4 amide bonds. The van der Waals surface area contributed by atoms with Crippen molar-refractivity contribution in [3.05, 3.63) is 174 Å². The highest BCUT2D eigenvalue weighted by Gasteiger charge is 2.46. The molecule has 6 aromatic rings. The molecule has 0 saturated carbocycles. The summed E-state index contributed by atoms with van der Waals surface area (Å²) in [6, 6.07) is 32.8. The lowest BCUT2D eigenvalue weighted by Crippen LogP contribution is -2.50. The molecule has 0 bridgehead atoms. The molecule has 4 saturated heterocycles. The summed E-state index contributed by atoms with van der Waals surface area (Å²) in [5.41, 5.74) is 18.2. The Morgan fingerprint density at radius 2 is 1.05 bits per heavy atom. The Balaban J connectivity index is 0.662. The van der Waals surface area contributed by atoms with Crippen molar-refractivity contribution < 1.29 is 52.3 Å². The summed E-state index contributed by atoms with van der Waals surface area (Å²) in [6.07, 6.45) is 4.03. The lowest BCUT2D eigenvalue weighted by molar-refractivity contribution is -0.0219. The van der Waals surface area contributed by atoms with E-state index in [1.165, 1.54) is 12.0 Å². The number of likely N-dealkylation sites (tertiary alicyclic amines) is 2. The number of hydrogen-bond acceptors (Lipinski definition) is 19. The van der Waals surface area contributed by atoms with Gasteiger partial charge in [0.25, 0.3) is 11.8 Å². The number of unbranched alkanes of at least 4 members (excludes halogenated alkanes) is 2. The summed E-state index contributed by atoms with van der Waals surface area (Å²) >= 11 is 0. The van der Waals surface area contributed by atoms with Gasteiger partial charge in [-0.05, 0) is 138 Å². The number of nitrogen functional groups attached to an aromatic ring is 2. The zero-order valence-corrected chi connectivity index (χ0v) is 51.1. The van der Waals surface area contributed by atoms with Gasteiger partial charge in [-0.3, -0.25) is 19.4 Å². The van der Waals surface area contributed by atoms with Crippen LogP contribution in [0.2, 0.25) is 0 Å². The molecule has 4 aromatic carbocycles. The largest absolute Gasteiger partial charge is 0.493 e. The van der Waals surface area contributed by atoms with Gasteiger partial charge in [-0.2, -0.15) is 0 Å². The van der Waals surface area contributed by atoms with Crippen LogP contribution in [-0.4, -0.2) is 138 Å². The topological polar surface area (TPSA) is 224 Å². The number of aromatic nitrogens is 2. The van der Waals surface area contributed by atoms with Crippen LogP contribution in [0.1, 0.15) is 69.5 Å². The van der Waals surface area contributed by atoms with E-state index in [1.807, 2.05) is 91.9 Å². The minimum Gasteiger partial charge on any atom is -0.493 e. The van der Waals surface area contributed by atoms with Crippen LogP contribution < -0.4 is 25.7 Å². The molecular formula is C63H68N8O11S4. The van der Waals surface area contributed by atoms with Gasteiger partial charge in [0.1, 0.15) is 29.0 Å². The van der Waals surface area contributed by atoms with Crippen LogP contribution >= 0.6 is 43.2 Å². The Kier molecular flexibility index (Phi) is 20.9. The van der Waals surface area contributed by atoms with E-state index >= 15 is 0 Å². The third kappa shape index (κ3) is 15.3. The maximum atomic E-state index is 14.3. The average molecular weight is 1240 g/mol. The number of benzene rings is 4. The zero-order chi connectivity index (χ0) is 60.1. The van der Waals surface area contributed by atoms with Crippen LogP contribution in [0.3, 0.4) is 0 Å². The van der Waals surface area contributed by atoms with Crippen LogP contribution in [0.15, 0.2) is 166 Å². The minimum absolute atomic E-state index is 0.0731. The van der Waals surface area contributed by atoms with Crippen molar-refractivity contribution in [2.45, 2.75) is 96.6 Å². The molecule has 4 N–H and O–H groups in total. The SMILES string of the molecule is C=C1C[C@@H](C2OCCN2C(=O)OCc2ccc(SSc3ccccn3)cc2)N(C(=O)c2cc(C)c(OCCCCCOc3cc(N)c(C(=O)N4CC(=C)C[C@H]4C4OCCN4C(=O)OCc4ccc(SSc5ccccn5)cc4)cc3OC)cc2N)C1. The van der Waals surface area contributed by atoms with E-state index < -0.39 is 36.7 Å². The number of rotatable bonds is 23. The fourth-order valence-electron chi connectivity index (χ4n) is 10.5. The number of nitrogens with zero attached hydrogens (tertiary/aromatic N) is 6. The zero-order valence-electron chi connectivity index (χ0n) is 47.8. The van der Waals surface area contributed by atoms with Crippen LogP contribution in [0.25, 0.3) is 0 Å². The van der Waals surface area contributed by atoms with Crippen LogP contribution in [0, 0.1) is 6.92 Å². The summed E-state index contributed by atoms with van der Waals surface area (Å²) in [6.45, 7) is 12.9. The van der Waals surface area contributed by atoms with Crippen LogP contribution in [0.5, 0.6) is 17.2 Å². The smallest absolute Gasteiger partial charge is 0.412 e. The molecule has 4 fully saturated rings. The number of aryl methyl sites for hydroxylation is 1. The lowest BCUT2D eigenvalue weighted by Gasteiger charge is -2.33. The Bertz CT molecular complexity index is 3390. The minimum atomic E-state index is -0.749. The van der Waals surface area contributed by atoms with Crippen LogP contribution in [-0.2, 0) is 32.2 Å². The molecule has 4 aliphatic heterocycles. The fraction of sp³-hybridized carbons (Fsp3) is 0.333. The van der Waals surface area contributed by atoms with Gasteiger partial charge >= 0.3 is 12.2 Å². The Labute approximate surface area is 516 Å². The van der Waals surface area contributed by atoms with Gasteiger partial charge in [0, 0.05) is 58.8 Å². The predicted molar refractivity (Wildman–Crippen MR) is 333 cm³/mol. The molecule has 4 aliphatic rings. The maximum Gasteiger partial charge on any atom is 0.412 e. The number of carbonyl (C=O) groups excluding carboxylic acids is 4. The van der Waals surface area contributed by atoms with Crippen molar-refractivity contribution in [3.63, 3.8) is 0 Å². The molecule has 10 rings (SSSR count). The molecular weight excluding hydrogens is 1170 g/mol. The first-order valence-corrected chi connectivity index (χ1v) is 32.5. The number of nitrogens with two attached hydrogens (primary N) is 2. The summed E-state index contributed by atoms with van der Waals surface area (Å²) in [7, 11) is 7.83. The van der Waals surface area contributed by atoms with Crippen LogP contribution in [0.4, 0.5) is 21.0 Å². The monoisotopic (exact) mass is 1240 g/mol. The van der Waals surface area contributed by atoms with Crippen molar-refractivity contribution in [1.29, 1.82) is 0 Å². The third-order valence-corrected chi connectivity index (χ3v) is 19.4. The number of ether oxygens (including phenoxy) is 7. The quantitative estimate of drug-likeness (QED) is 0.0263. The van der Waals surface area contributed by atoms with E-state index in [2.05, 4.69) is 23.1 Å². The van der Waals surface area contributed by atoms with Crippen molar-refractivity contribution in [2.24, 2.45) is 0 Å². The van der Waals surface area contributed by atoms with Gasteiger partial charge in [0.15, 0.2) is 24.0 Å². The molecule has 23 heteroatoms. The van der Waals surface area contributed by atoms with E-state index in [0.29, 0.717) is 88.0 Å². The van der Waals surface area contributed by atoms with Crippen molar-refractivity contribution in [2.75, 3.05) is 71.2 Å². The number of amides is 4. The lowest BCUT2D eigenvalue weighted by atomic mass is 10.1. The first-order chi connectivity index (χ1) is 41.8. The molecule has 450 valence electrons. The second-order valence-corrected chi connectivity index (χ2v) is 25.4. The molecule has 19 nitrogen and oxygen atoms in total. The van der Waals surface area contributed by atoms with E-state index in [1.54, 1.807) is 94.5 Å². The summed E-state index contributed by atoms with van der Waals surface area (Å²) in [4.78, 5) is 72.9. The van der Waals surface area contributed by atoms with Gasteiger partial charge in [-0.15, -0.1) is 0 Å². The summed E-state index contributed by atoms with van der Waals surface area (Å²) < 4.78 is 41.8. The van der Waals surface area contributed by atoms with E-state index in [9.17, 15) is 19.2 Å². The van der Waals surface area contributed by atoms with Gasteiger partial charge in [-0.25, -0.2) is 19.6 Å². The van der Waals surface area contributed by atoms with Gasteiger partial charge in [-0.1, -0.05) is 82.3 Å². The number of carbonyl (C=O) groups is 4. The van der Waals surface area contributed by atoms with E-state index in [0.717, 1.165) is 54.1 Å². The van der Waals surface area contributed by atoms with Crippen molar-refractivity contribution in [1.82, 2.24) is 29.6 Å². The number of anilines is 2. The Morgan fingerprint density at radius 3 is 1.51 bits per heavy atom. The predicted octanol–water partition coefficient (Wildman–Crippen LogP) is 11.7. The maximum absolute atomic E-state index is 14.3. The van der Waals surface area contributed by atoms with Gasteiger partial charge < -0.3 is 54.4 Å². The highest BCUT2D eigenvalue weighted by molar-refractivity contribution is 8.77. The third-order valence-electron chi connectivity index (χ3n) is 14.8. The number of methoxy groups -OCH3 is 1. The normalized spacial score (nSPS) is 18.4. The molecule has 2 aromatic heterocycles. The molecule has 4 atom stereocenters. The van der Waals surface area contributed by atoms with Crippen molar-refractivity contribution >= 4 is 78.6 Å². The first-order valence-electron chi connectivity index (χ1n) is 28.2. The number of hydrogen-bond donors (Lipinski definition) is 2. The average Bonchev–Trinajstić information content (AvgIpc) is 1.95. The van der Waals surface area contributed by atoms with E-state index in [-0.39, 0.29) is 55.1 Å².